The normalized spacial score (nSPS) is 11.6. The molecule has 0 unspecified atom stereocenters. The average Bonchev–Trinajstić information content (AvgIpc) is 2.72. The zero-order valence-corrected chi connectivity index (χ0v) is 14.6. The monoisotopic (exact) mass is 358 g/mol. The Balaban J connectivity index is 1.88. The molecule has 3 aromatic rings. The Morgan fingerprint density at radius 3 is 2.00 bits per heavy atom. The van der Waals surface area contributed by atoms with Crippen LogP contribution in [0.1, 0.15) is 17.5 Å². The second-order valence-electron chi connectivity index (χ2n) is 5.94. The Hall–Kier alpha value is -3.25. The lowest BCUT2D eigenvalue weighted by Gasteiger charge is -2.15. The van der Waals surface area contributed by atoms with Crippen LogP contribution in [0.5, 0.6) is 0 Å². The SMILES string of the molecule is FC(F)(C[CH]c1ccccc1)C(C#Cc1ccccc1)=Nc1ccccc1. The number of halogens is 2. The number of hydrogen-bond donors (Lipinski definition) is 0. The molecular weight excluding hydrogens is 340 g/mol. The molecule has 0 amide bonds. The summed E-state index contributed by atoms with van der Waals surface area (Å²) in [7, 11) is 0. The second-order valence-corrected chi connectivity index (χ2v) is 5.94. The molecule has 27 heavy (non-hydrogen) atoms. The third-order valence-corrected chi connectivity index (χ3v) is 3.84. The molecule has 3 rings (SSSR count). The Kier molecular flexibility index (Phi) is 6.12. The molecule has 0 spiro atoms. The van der Waals surface area contributed by atoms with Gasteiger partial charge in [0, 0.05) is 12.0 Å². The lowest BCUT2D eigenvalue weighted by molar-refractivity contribution is 0.0800. The van der Waals surface area contributed by atoms with Gasteiger partial charge in [0.05, 0.1) is 5.69 Å². The number of aliphatic imine (C=N–C) groups is 1. The maximum Gasteiger partial charge on any atom is 0.298 e. The van der Waals surface area contributed by atoms with Gasteiger partial charge in [-0.2, -0.15) is 8.78 Å². The number of hydrogen-bond acceptors (Lipinski definition) is 1. The lowest BCUT2D eigenvalue weighted by atomic mass is 10.0. The standard InChI is InChI=1S/C24H18F2N/c25-24(26,19-18-21-12-6-2-7-13-21)23(27-22-14-8-3-9-15-22)17-16-20-10-4-1-5-11-20/h1-15,18H,19H2. The van der Waals surface area contributed by atoms with Gasteiger partial charge < -0.3 is 0 Å². The molecular formula is C24H18F2N. The Bertz CT molecular complexity index is 937. The largest absolute Gasteiger partial charge is 0.298 e. The van der Waals surface area contributed by atoms with Crippen LogP contribution < -0.4 is 0 Å². The summed E-state index contributed by atoms with van der Waals surface area (Å²) in [6.45, 7) is 0. The van der Waals surface area contributed by atoms with E-state index in [2.05, 4.69) is 16.8 Å². The van der Waals surface area contributed by atoms with Crippen LogP contribution in [0.3, 0.4) is 0 Å². The van der Waals surface area contributed by atoms with E-state index in [0.717, 1.165) is 5.56 Å². The topological polar surface area (TPSA) is 12.4 Å². The highest BCUT2D eigenvalue weighted by molar-refractivity contribution is 6.07. The van der Waals surface area contributed by atoms with Gasteiger partial charge in [-0.05, 0) is 42.2 Å². The van der Waals surface area contributed by atoms with Gasteiger partial charge in [0.15, 0.2) is 5.71 Å². The van der Waals surface area contributed by atoms with Crippen molar-refractivity contribution in [3.05, 3.63) is 109 Å². The zero-order chi connectivity index (χ0) is 19.0. The van der Waals surface area contributed by atoms with Crippen molar-refractivity contribution in [2.75, 3.05) is 0 Å². The molecule has 0 aliphatic rings. The van der Waals surface area contributed by atoms with Crippen LogP contribution in [-0.2, 0) is 0 Å². The van der Waals surface area contributed by atoms with Gasteiger partial charge in [-0.3, -0.25) is 0 Å². The third kappa shape index (κ3) is 5.62. The van der Waals surface area contributed by atoms with Crippen LogP contribution in [0.25, 0.3) is 0 Å². The van der Waals surface area contributed by atoms with E-state index in [-0.39, 0.29) is 0 Å². The molecule has 0 aliphatic heterocycles. The number of rotatable bonds is 5. The maximum atomic E-state index is 14.9. The minimum Gasteiger partial charge on any atom is -0.238 e. The van der Waals surface area contributed by atoms with Crippen LogP contribution in [0.2, 0.25) is 0 Å². The molecule has 3 heteroatoms. The third-order valence-electron chi connectivity index (χ3n) is 3.84. The van der Waals surface area contributed by atoms with Gasteiger partial charge in [0.25, 0.3) is 5.92 Å². The fourth-order valence-corrected chi connectivity index (χ4v) is 2.42. The van der Waals surface area contributed by atoms with E-state index in [1.807, 2.05) is 42.5 Å². The quantitative estimate of drug-likeness (QED) is 0.387. The van der Waals surface area contributed by atoms with Crippen molar-refractivity contribution >= 4 is 11.4 Å². The lowest BCUT2D eigenvalue weighted by Crippen LogP contribution is -2.27. The molecule has 0 N–H and O–H groups in total. The molecule has 0 bridgehead atoms. The highest BCUT2D eigenvalue weighted by Gasteiger charge is 2.35. The molecule has 0 saturated heterocycles. The van der Waals surface area contributed by atoms with Crippen LogP contribution in [-0.4, -0.2) is 11.6 Å². The minimum absolute atomic E-state index is 0.440. The highest BCUT2D eigenvalue weighted by atomic mass is 19.3. The molecule has 1 nitrogen and oxygen atoms in total. The van der Waals surface area contributed by atoms with E-state index in [1.165, 1.54) is 6.42 Å². The molecule has 0 atom stereocenters. The maximum absolute atomic E-state index is 14.9. The van der Waals surface area contributed by atoms with Crippen molar-refractivity contribution in [3.8, 4) is 11.8 Å². The molecule has 0 aliphatic carbocycles. The van der Waals surface area contributed by atoms with E-state index < -0.39 is 18.1 Å². The minimum atomic E-state index is -3.17. The Morgan fingerprint density at radius 1 is 0.815 bits per heavy atom. The molecule has 0 saturated carbocycles. The van der Waals surface area contributed by atoms with E-state index in [0.29, 0.717) is 11.3 Å². The second kappa shape index (κ2) is 8.91. The fraction of sp³-hybridized carbons (Fsp3) is 0.0833. The van der Waals surface area contributed by atoms with E-state index >= 15 is 0 Å². The van der Waals surface area contributed by atoms with Crippen LogP contribution in [0.4, 0.5) is 14.5 Å². The summed E-state index contributed by atoms with van der Waals surface area (Å²) in [5, 5.41) is 0. The predicted molar refractivity (Wildman–Crippen MR) is 106 cm³/mol. The number of para-hydroxylation sites is 1. The van der Waals surface area contributed by atoms with Crippen molar-refractivity contribution in [2.45, 2.75) is 12.3 Å². The number of nitrogens with zero attached hydrogens (tertiary/aromatic N) is 1. The first-order valence-electron chi connectivity index (χ1n) is 8.61. The van der Waals surface area contributed by atoms with Gasteiger partial charge in [-0.15, -0.1) is 0 Å². The van der Waals surface area contributed by atoms with Crippen molar-refractivity contribution in [2.24, 2.45) is 4.99 Å². The first kappa shape index (κ1) is 18.5. The molecule has 3 aromatic carbocycles. The summed E-state index contributed by atoms with van der Waals surface area (Å²) in [6.07, 6.45) is 1.04. The van der Waals surface area contributed by atoms with Crippen molar-refractivity contribution < 1.29 is 8.78 Å². The summed E-state index contributed by atoms with van der Waals surface area (Å²) in [4.78, 5) is 4.13. The molecule has 0 fully saturated rings. The summed E-state index contributed by atoms with van der Waals surface area (Å²) in [5.41, 5.74) is 1.42. The highest BCUT2D eigenvalue weighted by Crippen LogP contribution is 2.26. The molecule has 133 valence electrons. The van der Waals surface area contributed by atoms with Crippen LogP contribution in [0, 0.1) is 18.3 Å². The molecule has 1 radical (unpaired) electrons. The Morgan fingerprint density at radius 2 is 1.37 bits per heavy atom. The molecule has 0 heterocycles. The van der Waals surface area contributed by atoms with Crippen molar-refractivity contribution in [1.82, 2.24) is 0 Å². The zero-order valence-electron chi connectivity index (χ0n) is 14.6. The number of alkyl halides is 2. The smallest absolute Gasteiger partial charge is 0.238 e. The van der Waals surface area contributed by atoms with E-state index in [4.69, 9.17) is 0 Å². The van der Waals surface area contributed by atoms with Crippen molar-refractivity contribution in [3.63, 3.8) is 0 Å². The summed E-state index contributed by atoms with van der Waals surface area (Å²) >= 11 is 0. The van der Waals surface area contributed by atoms with Crippen molar-refractivity contribution in [1.29, 1.82) is 0 Å². The van der Waals surface area contributed by atoms with Gasteiger partial charge >= 0.3 is 0 Å². The van der Waals surface area contributed by atoms with Crippen LogP contribution >= 0.6 is 0 Å². The summed E-state index contributed by atoms with van der Waals surface area (Å²) in [6, 6.07) is 26.8. The predicted octanol–water partition coefficient (Wildman–Crippen LogP) is 6.09. The first-order valence-corrected chi connectivity index (χ1v) is 8.61. The van der Waals surface area contributed by atoms with Crippen LogP contribution in [0.15, 0.2) is 96.0 Å². The summed E-state index contributed by atoms with van der Waals surface area (Å²) in [5.74, 6) is 2.21. The van der Waals surface area contributed by atoms with Gasteiger partial charge in [0.1, 0.15) is 0 Å². The molecule has 0 aromatic heterocycles. The number of benzene rings is 3. The average molecular weight is 358 g/mol. The van der Waals surface area contributed by atoms with E-state index in [1.54, 1.807) is 48.5 Å². The summed E-state index contributed by atoms with van der Waals surface area (Å²) < 4.78 is 29.8. The first-order chi connectivity index (χ1) is 13.1. The van der Waals surface area contributed by atoms with Gasteiger partial charge in [-0.25, -0.2) is 4.99 Å². The van der Waals surface area contributed by atoms with E-state index in [9.17, 15) is 8.78 Å². The van der Waals surface area contributed by atoms with Gasteiger partial charge in [-0.1, -0.05) is 72.7 Å². The fourth-order valence-electron chi connectivity index (χ4n) is 2.42. The van der Waals surface area contributed by atoms with Gasteiger partial charge in [0.2, 0.25) is 0 Å². The Labute approximate surface area is 158 Å².